The molecular formula is C19H23NO2. The SMILES string of the molecule is COC(C)C(=O)NCCC(c1ccccc1)c1ccccc1. The molecule has 2 rings (SSSR count). The van der Waals surface area contributed by atoms with Crippen molar-refractivity contribution >= 4 is 5.91 Å². The number of hydrogen-bond acceptors (Lipinski definition) is 2. The first-order chi connectivity index (χ1) is 10.7. The molecule has 0 aliphatic rings. The van der Waals surface area contributed by atoms with Gasteiger partial charge < -0.3 is 10.1 Å². The van der Waals surface area contributed by atoms with Crippen molar-refractivity contribution in [3.63, 3.8) is 0 Å². The van der Waals surface area contributed by atoms with Crippen LogP contribution in [0.3, 0.4) is 0 Å². The number of ether oxygens (including phenoxy) is 1. The summed E-state index contributed by atoms with van der Waals surface area (Å²) in [5.74, 6) is 0.211. The Hall–Kier alpha value is -2.13. The minimum absolute atomic E-state index is 0.0672. The average Bonchev–Trinajstić information content (AvgIpc) is 2.59. The first-order valence-corrected chi connectivity index (χ1v) is 7.62. The van der Waals surface area contributed by atoms with Gasteiger partial charge in [0, 0.05) is 19.6 Å². The van der Waals surface area contributed by atoms with Crippen molar-refractivity contribution in [3.8, 4) is 0 Å². The zero-order chi connectivity index (χ0) is 15.8. The van der Waals surface area contributed by atoms with Crippen LogP contribution in [0.25, 0.3) is 0 Å². The van der Waals surface area contributed by atoms with Crippen LogP contribution in [0.2, 0.25) is 0 Å². The summed E-state index contributed by atoms with van der Waals surface area (Å²) in [5.41, 5.74) is 2.53. The zero-order valence-corrected chi connectivity index (χ0v) is 13.2. The van der Waals surface area contributed by atoms with Crippen LogP contribution in [-0.4, -0.2) is 25.7 Å². The van der Waals surface area contributed by atoms with E-state index in [0.717, 1.165) is 6.42 Å². The summed E-state index contributed by atoms with van der Waals surface area (Å²) in [6.45, 7) is 2.38. The monoisotopic (exact) mass is 297 g/mol. The van der Waals surface area contributed by atoms with Gasteiger partial charge in [0.1, 0.15) is 6.10 Å². The molecule has 0 heterocycles. The van der Waals surface area contributed by atoms with Crippen LogP contribution in [0.4, 0.5) is 0 Å². The van der Waals surface area contributed by atoms with Crippen molar-refractivity contribution in [1.29, 1.82) is 0 Å². The van der Waals surface area contributed by atoms with E-state index in [4.69, 9.17) is 4.74 Å². The lowest BCUT2D eigenvalue weighted by molar-refractivity contribution is -0.130. The normalized spacial score (nSPS) is 12.1. The molecule has 1 amide bonds. The maximum Gasteiger partial charge on any atom is 0.248 e. The van der Waals surface area contributed by atoms with Crippen LogP contribution in [0, 0.1) is 0 Å². The third-order valence-corrected chi connectivity index (χ3v) is 3.86. The number of rotatable bonds is 7. The van der Waals surface area contributed by atoms with Crippen molar-refractivity contribution in [2.75, 3.05) is 13.7 Å². The lowest BCUT2D eigenvalue weighted by Crippen LogP contribution is -2.34. The second-order valence-corrected chi connectivity index (χ2v) is 5.33. The van der Waals surface area contributed by atoms with E-state index in [1.165, 1.54) is 11.1 Å². The van der Waals surface area contributed by atoms with Crippen LogP contribution in [-0.2, 0) is 9.53 Å². The second kappa shape index (κ2) is 8.35. The number of nitrogens with one attached hydrogen (secondary N) is 1. The fourth-order valence-corrected chi connectivity index (χ4v) is 2.49. The smallest absolute Gasteiger partial charge is 0.248 e. The van der Waals surface area contributed by atoms with Gasteiger partial charge in [0.15, 0.2) is 0 Å². The molecule has 0 fully saturated rings. The molecule has 1 unspecified atom stereocenters. The van der Waals surface area contributed by atoms with E-state index in [2.05, 4.69) is 53.8 Å². The van der Waals surface area contributed by atoms with Gasteiger partial charge in [-0.2, -0.15) is 0 Å². The van der Waals surface area contributed by atoms with Gasteiger partial charge in [-0.25, -0.2) is 0 Å². The van der Waals surface area contributed by atoms with Crippen LogP contribution < -0.4 is 5.32 Å². The highest BCUT2D eigenvalue weighted by molar-refractivity contribution is 5.80. The second-order valence-electron chi connectivity index (χ2n) is 5.33. The Morgan fingerprint density at radius 3 is 1.95 bits per heavy atom. The number of carbonyl (C=O) groups excluding carboxylic acids is 1. The van der Waals surface area contributed by atoms with Gasteiger partial charge in [0.05, 0.1) is 0 Å². The van der Waals surface area contributed by atoms with Crippen LogP contribution >= 0.6 is 0 Å². The molecule has 1 N–H and O–H groups in total. The van der Waals surface area contributed by atoms with Gasteiger partial charge in [-0.05, 0) is 24.5 Å². The molecular weight excluding hydrogens is 274 g/mol. The summed E-state index contributed by atoms with van der Waals surface area (Å²) >= 11 is 0. The van der Waals surface area contributed by atoms with Gasteiger partial charge in [-0.3, -0.25) is 4.79 Å². The Labute approximate surface area is 132 Å². The first kappa shape index (κ1) is 16.2. The lowest BCUT2D eigenvalue weighted by atomic mass is 9.88. The molecule has 2 aromatic rings. The fourth-order valence-electron chi connectivity index (χ4n) is 2.49. The largest absolute Gasteiger partial charge is 0.372 e. The molecule has 2 aromatic carbocycles. The molecule has 116 valence electrons. The van der Waals surface area contributed by atoms with Gasteiger partial charge in [-0.1, -0.05) is 60.7 Å². The van der Waals surface area contributed by atoms with E-state index in [1.807, 2.05) is 12.1 Å². The van der Waals surface area contributed by atoms with E-state index in [1.54, 1.807) is 14.0 Å². The van der Waals surface area contributed by atoms with Crippen LogP contribution in [0.15, 0.2) is 60.7 Å². The van der Waals surface area contributed by atoms with Gasteiger partial charge >= 0.3 is 0 Å². The van der Waals surface area contributed by atoms with Crippen molar-refractivity contribution in [2.24, 2.45) is 0 Å². The molecule has 0 bridgehead atoms. The van der Waals surface area contributed by atoms with E-state index in [0.29, 0.717) is 6.54 Å². The van der Waals surface area contributed by atoms with E-state index >= 15 is 0 Å². The molecule has 0 radical (unpaired) electrons. The standard InChI is InChI=1S/C19H23NO2/c1-15(22-2)19(21)20-14-13-18(16-9-5-3-6-10-16)17-11-7-4-8-12-17/h3-12,15,18H,13-14H2,1-2H3,(H,20,21). The number of amides is 1. The number of benzene rings is 2. The average molecular weight is 297 g/mol. The van der Waals surface area contributed by atoms with Gasteiger partial charge in [0.25, 0.3) is 0 Å². The molecule has 0 aliphatic carbocycles. The summed E-state index contributed by atoms with van der Waals surface area (Å²) in [7, 11) is 1.54. The summed E-state index contributed by atoms with van der Waals surface area (Å²) < 4.78 is 5.03. The minimum Gasteiger partial charge on any atom is -0.372 e. The quantitative estimate of drug-likeness (QED) is 0.851. The number of carbonyl (C=O) groups is 1. The zero-order valence-electron chi connectivity index (χ0n) is 13.2. The summed E-state index contributed by atoms with van der Waals surface area (Å²) in [6, 6.07) is 20.8. The molecule has 22 heavy (non-hydrogen) atoms. The minimum atomic E-state index is -0.410. The highest BCUT2D eigenvalue weighted by Crippen LogP contribution is 2.27. The van der Waals surface area contributed by atoms with Gasteiger partial charge in [-0.15, -0.1) is 0 Å². The van der Waals surface area contributed by atoms with Crippen molar-refractivity contribution in [2.45, 2.75) is 25.4 Å². The van der Waals surface area contributed by atoms with Crippen LogP contribution in [0.1, 0.15) is 30.4 Å². The van der Waals surface area contributed by atoms with Crippen molar-refractivity contribution in [1.82, 2.24) is 5.32 Å². The van der Waals surface area contributed by atoms with Crippen LogP contribution in [0.5, 0.6) is 0 Å². The predicted molar refractivity (Wildman–Crippen MR) is 88.8 cm³/mol. The lowest BCUT2D eigenvalue weighted by Gasteiger charge is -2.19. The first-order valence-electron chi connectivity index (χ1n) is 7.62. The van der Waals surface area contributed by atoms with E-state index in [9.17, 15) is 4.79 Å². The number of methoxy groups -OCH3 is 1. The maximum atomic E-state index is 11.8. The molecule has 1 atom stereocenters. The molecule has 0 aromatic heterocycles. The molecule has 0 saturated heterocycles. The molecule has 3 heteroatoms. The van der Waals surface area contributed by atoms with E-state index in [-0.39, 0.29) is 11.8 Å². The van der Waals surface area contributed by atoms with E-state index < -0.39 is 6.10 Å². The third kappa shape index (κ3) is 4.43. The summed E-state index contributed by atoms with van der Waals surface area (Å²) in [4.78, 5) is 11.8. The Morgan fingerprint density at radius 2 is 1.50 bits per heavy atom. The Bertz CT molecular complexity index is 529. The highest BCUT2D eigenvalue weighted by Gasteiger charge is 2.15. The topological polar surface area (TPSA) is 38.3 Å². The third-order valence-electron chi connectivity index (χ3n) is 3.86. The van der Waals surface area contributed by atoms with Crippen molar-refractivity contribution in [3.05, 3.63) is 71.8 Å². The predicted octanol–water partition coefficient (Wildman–Crippen LogP) is 3.36. The van der Waals surface area contributed by atoms with Crippen molar-refractivity contribution < 1.29 is 9.53 Å². The molecule has 0 spiro atoms. The fraction of sp³-hybridized carbons (Fsp3) is 0.316. The molecule has 0 aliphatic heterocycles. The highest BCUT2D eigenvalue weighted by atomic mass is 16.5. The summed E-state index contributed by atoms with van der Waals surface area (Å²) in [5, 5.41) is 2.94. The molecule has 3 nitrogen and oxygen atoms in total. The number of hydrogen-bond donors (Lipinski definition) is 1. The summed E-state index contributed by atoms with van der Waals surface area (Å²) in [6.07, 6.45) is 0.447. The molecule has 0 saturated carbocycles. The maximum absolute atomic E-state index is 11.8. The Balaban J connectivity index is 2.05. The Kier molecular flexibility index (Phi) is 6.16. The Morgan fingerprint density at radius 1 is 1.00 bits per heavy atom. The van der Waals surface area contributed by atoms with Gasteiger partial charge in [0.2, 0.25) is 5.91 Å².